The molecule has 0 amide bonds. The summed E-state index contributed by atoms with van der Waals surface area (Å²) in [6, 6.07) is 0. The molecule has 96 valence electrons. The van der Waals surface area contributed by atoms with Gasteiger partial charge in [0, 0.05) is 6.54 Å². The van der Waals surface area contributed by atoms with Gasteiger partial charge in [-0.25, -0.2) is 0 Å². The minimum Gasteiger partial charge on any atom is -0.319 e. The van der Waals surface area contributed by atoms with Crippen LogP contribution in [0.3, 0.4) is 0 Å². The Morgan fingerprint density at radius 1 is 1.24 bits per heavy atom. The van der Waals surface area contributed by atoms with Crippen LogP contribution in [0.2, 0.25) is 0 Å². The zero-order valence-electron chi connectivity index (χ0n) is 11.3. The first-order valence-corrected chi connectivity index (χ1v) is 7.00. The van der Waals surface area contributed by atoms with Crippen LogP contribution in [0.4, 0.5) is 0 Å². The van der Waals surface area contributed by atoms with Gasteiger partial charge in [0.05, 0.1) is 0 Å². The Morgan fingerprint density at radius 2 is 2.00 bits per heavy atom. The highest BCUT2D eigenvalue weighted by molar-refractivity contribution is 5.23. The quantitative estimate of drug-likeness (QED) is 0.804. The van der Waals surface area contributed by atoms with Crippen LogP contribution in [0.1, 0.15) is 32.6 Å². The van der Waals surface area contributed by atoms with Gasteiger partial charge in [0.2, 0.25) is 0 Å². The third-order valence-corrected chi connectivity index (χ3v) is 4.07. The number of nitrogens with zero attached hydrogens (tertiary/aromatic N) is 1. The zero-order valence-corrected chi connectivity index (χ0v) is 11.3. The molecule has 0 bridgehead atoms. The molecule has 0 radical (unpaired) electrons. The van der Waals surface area contributed by atoms with Gasteiger partial charge in [0.1, 0.15) is 0 Å². The van der Waals surface area contributed by atoms with Crippen molar-refractivity contribution in [3.8, 4) is 0 Å². The fourth-order valence-electron chi connectivity index (χ4n) is 2.84. The van der Waals surface area contributed by atoms with Gasteiger partial charge in [-0.15, -0.1) is 0 Å². The lowest BCUT2D eigenvalue weighted by Gasteiger charge is -2.32. The van der Waals surface area contributed by atoms with E-state index in [1.807, 2.05) is 0 Å². The van der Waals surface area contributed by atoms with Crippen LogP contribution >= 0.6 is 0 Å². The third kappa shape index (κ3) is 3.97. The van der Waals surface area contributed by atoms with E-state index in [-0.39, 0.29) is 0 Å². The molecular weight excluding hydrogens is 208 g/mol. The molecule has 0 aromatic heterocycles. The molecule has 1 aliphatic heterocycles. The van der Waals surface area contributed by atoms with Crippen molar-refractivity contribution < 1.29 is 0 Å². The Kier molecular flexibility index (Phi) is 4.81. The van der Waals surface area contributed by atoms with Crippen molar-refractivity contribution in [3.63, 3.8) is 0 Å². The molecule has 17 heavy (non-hydrogen) atoms. The van der Waals surface area contributed by atoms with Gasteiger partial charge >= 0.3 is 0 Å². The molecule has 0 spiro atoms. The number of nitrogens with one attached hydrogen (secondary N) is 1. The molecule has 0 aromatic rings. The molecule has 2 aliphatic rings. The Hall–Kier alpha value is -0.600. The monoisotopic (exact) mass is 234 g/mol. The third-order valence-electron chi connectivity index (χ3n) is 4.07. The summed E-state index contributed by atoms with van der Waals surface area (Å²) in [5.41, 5.74) is 3.16. The van der Waals surface area contributed by atoms with Crippen molar-refractivity contribution in [3.05, 3.63) is 23.3 Å². The van der Waals surface area contributed by atoms with Crippen LogP contribution in [-0.4, -0.2) is 38.1 Å². The van der Waals surface area contributed by atoms with E-state index < -0.39 is 0 Å². The predicted octanol–water partition coefficient (Wildman–Crippen LogP) is 2.58. The van der Waals surface area contributed by atoms with Crippen molar-refractivity contribution in [2.45, 2.75) is 32.6 Å². The Bertz CT molecular complexity index is 296. The first-order valence-electron chi connectivity index (χ1n) is 7.00. The van der Waals surface area contributed by atoms with Crippen molar-refractivity contribution in [1.82, 2.24) is 10.2 Å². The maximum Gasteiger partial charge on any atom is 0.0196 e. The summed E-state index contributed by atoms with van der Waals surface area (Å²) in [4.78, 5) is 2.63. The van der Waals surface area contributed by atoms with E-state index in [0.717, 1.165) is 5.92 Å². The van der Waals surface area contributed by atoms with E-state index in [2.05, 4.69) is 36.3 Å². The SMILES string of the molecule is CNCC1CCN(CC2=CC=C(C)CC2)CC1. The number of likely N-dealkylation sites (tertiary alicyclic amines) is 1. The molecular formula is C15H26N2. The first kappa shape index (κ1) is 12.8. The molecule has 0 unspecified atom stereocenters. The Labute approximate surface area is 106 Å². The first-order chi connectivity index (χ1) is 8.28. The highest BCUT2D eigenvalue weighted by atomic mass is 15.1. The Balaban J connectivity index is 1.75. The normalized spacial score (nSPS) is 23.4. The molecule has 2 rings (SSSR count). The minimum absolute atomic E-state index is 0.902. The van der Waals surface area contributed by atoms with E-state index in [4.69, 9.17) is 0 Å². The molecule has 2 heteroatoms. The lowest BCUT2D eigenvalue weighted by Crippen LogP contribution is -2.37. The number of hydrogen-bond acceptors (Lipinski definition) is 2. The lowest BCUT2D eigenvalue weighted by atomic mass is 9.95. The highest BCUT2D eigenvalue weighted by Crippen LogP contribution is 2.21. The second kappa shape index (κ2) is 6.36. The summed E-state index contributed by atoms with van der Waals surface area (Å²) in [6.07, 6.45) is 9.91. The van der Waals surface area contributed by atoms with Crippen molar-refractivity contribution in [2.24, 2.45) is 5.92 Å². The minimum atomic E-state index is 0.902. The van der Waals surface area contributed by atoms with E-state index in [1.54, 1.807) is 5.57 Å². The Morgan fingerprint density at radius 3 is 2.59 bits per heavy atom. The smallest absolute Gasteiger partial charge is 0.0196 e. The van der Waals surface area contributed by atoms with Crippen molar-refractivity contribution >= 4 is 0 Å². The standard InChI is InChI=1S/C15H26N2/c1-13-3-5-15(6-4-13)12-17-9-7-14(8-10-17)11-16-2/h3,5,14,16H,4,6-12H2,1-2H3. The fraction of sp³-hybridized carbons (Fsp3) is 0.733. The van der Waals surface area contributed by atoms with Gasteiger partial charge in [-0.3, -0.25) is 4.90 Å². The molecule has 0 saturated carbocycles. The summed E-state index contributed by atoms with van der Waals surface area (Å²) in [5.74, 6) is 0.902. The topological polar surface area (TPSA) is 15.3 Å². The van der Waals surface area contributed by atoms with Gasteiger partial charge in [0.15, 0.2) is 0 Å². The largest absolute Gasteiger partial charge is 0.319 e. The second-order valence-electron chi connectivity index (χ2n) is 5.62. The van der Waals surface area contributed by atoms with Crippen LogP contribution in [0.15, 0.2) is 23.3 Å². The highest BCUT2D eigenvalue weighted by Gasteiger charge is 2.19. The van der Waals surface area contributed by atoms with E-state index in [0.29, 0.717) is 0 Å². The number of allylic oxidation sites excluding steroid dienone is 3. The molecule has 1 heterocycles. The van der Waals surface area contributed by atoms with Gasteiger partial charge in [-0.2, -0.15) is 0 Å². The van der Waals surface area contributed by atoms with Crippen LogP contribution in [0, 0.1) is 5.92 Å². The van der Waals surface area contributed by atoms with Crippen molar-refractivity contribution in [2.75, 3.05) is 33.2 Å². The molecule has 1 aliphatic carbocycles. The summed E-state index contributed by atoms with van der Waals surface area (Å²) < 4.78 is 0. The van der Waals surface area contributed by atoms with E-state index >= 15 is 0 Å². The van der Waals surface area contributed by atoms with Crippen LogP contribution in [0.5, 0.6) is 0 Å². The number of hydrogen-bond donors (Lipinski definition) is 1. The molecule has 1 fully saturated rings. The number of piperidine rings is 1. The average Bonchev–Trinajstić information content (AvgIpc) is 2.35. The fourth-order valence-corrected chi connectivity index (χ4v) is 2.84. The maximum absolute atomic E-state index is 3.30. The molecule has 1 saturated heterocycles. The van der Waals surface area contributed by atoms with Crippen molar-refractivity contribution in [1.29, 1.82) is 0 Å². The van der Waals surface area contributed by atoms with Gasteiger partial charge in [-0.05, 0) is 65.2 Å². The molecule has 1 N–H and O–H groups in total. The van der Waals surface area contributed by atoms with Crippen LogP contribution < -0.4 is 5.32 Å². The van der Waals surface area contributed by atoms with Crippen LogP contribution in [0.25, 0.3) is 0 Å². The summed E-state index contributed by atoms with van der Waals surface area (Å²) in [7, 11) is 2.06. The van der Waals surface area contributed by atoms with Crippen LogP contribution in [-0.2, 0) is 0 Å². The van der Waals surface area contributed by atoms with Gasteiger partial charge < -0.3 is 5.32 Å². The number of rotatable bonds is 4. The lowest BCUT2D eigenvalue weighted by molar-refractivity contribution is 0.195. The average molecular weight is 234 g/mol. The summed E-state index contributed by atoms with van der Waals surface area (Å²) >= 11 is 0. The molecule has 2 nitrogen and oxygen atoms in total. The molecule has 0 aromatic carbocycles. The zero-order chi connectivity index (χ0) is 12.1. The predicted molar refractivity (Wildman–Crippen MR) is 74.2 cm³/mol. The van der Waals surface area contributed by atoms with Gasteiger partial charge in [0.25, 0.3) is 0 Å². The summed E-state index contributed by atoms with van der Waals surface area (Å²) in [6.45, 7) is 7.20. The summed E-state index contributed by atoms with van der Waals surface area (Å²) in [5, 5.41) is 3.30. The van der Waals surface area contributed by atoms with E-state index in [1.165, 1.54) is 57.4 Å². The second-order valence-corrected chi connectivity index (χ2v) is 5.62. The molecule has 0 atom stereocenters. The van der Waals surface area contributed by atoms with Gasteiger partial charge in [-0.1, -0.05) is 23.3 Å². The maximum atomic E-state index is 3.30. The van der Waals surface area contributed by atoms with E-state index in [9.17, 15) is 0 Å².